The van der Waals surface area contributed by atoms with Crippen LogP contribution in [0.25, 0.3) is 0 Å². The number of amides is 1. The van der Waals surface area contributed by atoms with Crippen molar-refractivity contribution in [2.24, 2.45) is 0 Å². The summed E-state index contributed by atoms with van der Waals surface area (Å²) in [7, 11) is 0. The normalized spacial score (nSPS) is 16.4. The van der Waals surface area contributed by atoms with E-state index in [1.807, 2.05) is 24.3 Å². The van der Waals surface area contributed by atoms with E-state index in [4.69, 9.17) is 4.74 Å². The maximum Gasteiger partial charge on any atom is 0.387 e. The summed E-state index contributed by atoms with van der Waals surface area (Å²) in [5.74, 6) is 0.129. The van der Waals surface area contributed by atoms with Gasteiger partial charge in [0.2, 0.25) is 0 Å². The first-order chi connectivity index (χ1) is 11.1. The van der Waals surface area contributed by atoms with Gasteiger partial charge in [0, 0.05) is 12.0 Å². The molecule has 2 aromatic carbocycles. The van der Waals surface area contributed by atoms with E-state index in [0.29, 0.717) is 13.0 Å². The van der Waals surface area contributed by atoms with Crippen molar-refractivity contribution in [3.8, 4) is 11.5 Å². The number of hydrogen-bond acceptors (Lipinski definition) is 3. The van der Waals surface area contributed by atoms with Crippen molar-refractivity contribution in [3.63, 3.8) is 0 Å². The summed E-state index contributed by atoms with van der Waals surface area (Å²) in [4.78, 5) is 12.4. The summed E-state index contributed by atoms with van der Waals surface area (Å²) >= 11 is 0. The molecule has 1 atom stereocenters. The van der Waals surface area contributed by atoms with Crippen molar-refractivity contribution >= 4 is 5.91 Å². The summed E-state index contributed by atoms with van der Waals surface area (Å²) in [5.41, 5.74) is 0.955. The molecule has 120 valence electrons. The van der Waals surface area contributed by atoms with Crippen LogP contribution in [0.5, 0.6) is 11.5 Å². The van der Waals surface area contributed by atoms with Gasteiger partial charge in [-0.05, 0) is 18.2 Å². The largest absolute Gasteiger partial charge is 0.493 e. The van der Waals surface area contributed by atoms with Crippen molar-refractivity contribution in [2.75, 3.05) is 6.61 Å². The van der Waals surface area contributed by atoms with Gasteiger partial charge in [0.15, 0.2) is 0 Å². The number of para-hydroxylation sites is 2. The lowest BCUT2D eigenvalue weighted by atomic mass is 10.00. The van der Waals surface area contributed by atoms with Gasteiger partial charge in [0.1, 0.15) is 11.5 Å². The van der Waals surface area contributed by atoms with Crippen molar-refractivity contribution in [1.29, 1.82) is 0 Å². The highest BCUT2D eigenvalue weighted by atomic mass is 19.3. The summed E-state index contributed by atoms with van der Waals surface area (Å²) in [6.07, 6.45) is 0.612. The Morgan fingerprint density at radius 3 is 2.74 bits per heavy atom. The van der Waals surface area contributed by atoms with E-state index < -0.39 is 12.5 Å². The first kappa shape index (κ1) is 15.3. The minimum absolute atomic E-state index is 0.0803. The first-order valence-corrected chi connectivity index (χ1v) is 7.21. The van der Waals surface area contributed by atoms with E-state index in [2.05, 4.69) is 10.1 Å². The molecule has 23 heavy (non-hydrogen) atoms. The molecule has 0 fully saturated rings. The zero-order chi connectivity index (χ0) is 16.2. The Bertz CT molecular complexity index is 706. The van der Waals surface area contributed by atoms with Crippen LogP contribution in [0.15, 0.2) is 48.5 Å². The minimum atomic E-state index is -2.98. The van der Waals surface area contributed by atoms with Gasteiger partial charge in [-0.2, -0.15) is 8.78 Å². The van der Waals surface area contributed by atoms with Gasteiger partial charge in [0.05, 0.1) is 18.2 Å². The number of fused-ring (bicyclic) bond motifs is 1. The van der Waals surface area contributed by atoms with Gasteiger partial charge in [0.25, 0.3) is 5.91 Å². The zero-order valence-corrected chi connectivity index (χ0v) is 12.2. The fraction of sp³-hybridized carbons (Fsp3) is 0.235. The minimum Gasteiger partial charge on any atom is -0.493 e. The van der Waals surface area contributed by atoms with Gasteiger partial charge in [-0.1, -0.05) is 30.3 Å². The maximum atomic E-state index is 12.4. The Morgan fingerprint density at radius 1 is 1.17 bits per heavy atom. The predicted octanol–water partition coefficient (Wildman–Crippen LogP) is 3.54. The Kier molecular flexibility index (Phi) is 4.41. The lowest BCUT2D eigenvalue weighted by molar-refractivity contribution is -0.0501. The highest BCUT2D eigenvalue weighted by molar-refractivity contribution is 5.97. The number of alkyl halides is 2. The second-order valence-corrected chi connectivity index (χ2v) is 5.08. The second kappa shape index (κ2) is 6.64. The lowest BCUT2D eigenvalue weighted by Crippen LogP contribution is -2.32. The van der Waals surface area contributed by atoms with Crippen molar-refractivity contribution in [3.05, 3.63) is 59.7 Å². The molecule has 1 unspecified atom stereocenters. The molecule has 1 aliphatic heterocycles. The Morgan fingerprint density at radius 2 is 1.91 bits per heavy atom. The number of hydrogen-bond donors (Lipinski definition) is 1. The number of ether oxygens (including phenoxy) is 2. The molecule has 0 aromatic heterocycles. The monoisotopic (exact) mass is 319 g/mol. The van der Waals surface area contributed by atoms with Gasteiger partial charge in [-0.15, -0.1) is 0 Å². The molecule has 4 nitrogen and oxygen atoms in total. The van der Waals surface area contributed by atoms with Crippen LogP contribution in [0.4, 0.5) is 8.78 Å². The molecule has 1 N–H and O–H groups in total. The third-order valence-corrected chi connectivity index (χ3v) is 3.61. The summed E-state index contributed by atoms with van der Waals surface area (Å²) in [6, 6.07) is 13.1. The molecule has 0 aliphatic carbocycles. The Balaban J connectivity index is 1.81. The summed E-state index contributed by atoms with van der Waals surface area (Å²) < 4.78 is 34.8. The fourth-order valence-corrected chi connectivity index (χ4v) is 2.58. The number of carbonyl (C=O) groups is 1. The standard InChI is InChI=1S/C17H15F2NO3/c18-17(19)23-15-8-4-2-6-12(15)16(21)20-13-9-10-22-14-7-3-1-5-11(13)14/h1-8,13,17H,9-10H2,(H,20,21). The molecule has 0 saturated carbocycles. The summed E-state index contributed by atoms with van der Waals surface area (Å²) in [6.45, 7) is -2.50. The molecule has 2 aromatic rings. The number of carbonyl (C=O) groups excluding carboxylic acids is 1. The summed E-state index contributed by atoms with van der Waals surface area (Å²) in [5, 5.41) is 2.86. The average molecular weight is 319 g/mol. The average Bonchev–Trinajstić information content (AvgIpc) is 2.55. The molecule has 6 heteroatoms. The highest BCUT2D eigenvalue weighted by Crippen LogP contribution is 2.32. The van der Waals surface area contributed by atoms with Crippen LogP contribution in [0, 0.1) is 0 Å². The highest BCUT2D eigenvalue weighted by Gasteiger charge is 2.24. The molecular weight excluding hydrogens is 304 g/mol. The molecular formula is C17H15F2NO3. The lowest BCUT2D eigenvalue weighted by Gasteiger charge is -2.26. The van der Waals surface area contributed by atoms with E-state index in [1.165, 1.54) is 18.2 Å². The van der Waals surface area contributed by atoms with Gasteiger partial charge >= 0.3 is 6.61 Å². The van der Waals surface area contributed by atoms with Crippen LogP contribution in [0.2, 0.25) is 0 Å². The molecule has 0 radical (unpaired) electrons. The van der Waals surface area contributed by atoms with E-state index in [9.17, 15) is 13.6 Å². The van der Waals surface area contributed by atoms with Crippen molar-refractivity contribution < 1.29 is 23.0 Å². The molecule has 0 saturated heterocycles. The smallest absolute Gasteiger partial charge is 0.387 e. The van der Waals surface area contributed by atoms with Gasteiger partial charge < -0.3 is 14.8 Å². The first-order valence-electron chi connectivity index (χ1n) is 7.21. The van der Waals surface area contributed by atoms with Crippen molar-refractivity contribution in [2.45, 2.75) is 19.1 Å². The van der Waals surface area contributed by atoms with Crippen LogP contribution in [0.1, 0.15) is 28.4 Å². The molecule has 0 spiro atoms. The van der Waals surface area contributed by atoms with Gasteiger partial charge in [-0.3, -0.25) is 4.79 Å². The maximum absolute atomic E-state index is 12.4. The van der Waals surface area contributed by atoms with Crippen LogP contribution in [-0.4, -0.2) is 19.1 Å². The molecule has 0 bridgehead atoms. The van der Waals surface area contributed by atoms with Crippen LogP contribution in [-0.2, 0) is 0 Å². The van der Waals surface area contributed by atoms with E-state index in [0.717, 1.165) is 11.3 Å². The van der Waals surface area contributed by atoms with Gasteiger partial charge in [-0.25, -0.2) is 0 Å². The number of nitrogens with one attached hydrogen (secondary N) is 1. The topological polar surface area (TPSA) is 47.6 Å². The second-order valence-electron chi connectivity index (χ2n) is 5.08. The zero-order valence-electron chi connectivity index (χ0n) is 12.2. The molecule has 1 aliphatic rings. The molecule has 3 rings (SSSR count). The number of rotatable bonds is 4. The van der Waals surface area contributed by atoms with E-state index >= 15 is 0 Å². The van der Waals surface area contributed by atoms with E-state index in [1.54, 1.807) is 6.07 Å². The van der Waals surface area contributed by atoms with Crippen LogP contribution in [0.3, 0.4) is 0 Å². The Hall–Kier alpha value is -2.63. The third-order valence-electron chi connectivity index (χ3n) is 3.61. The Labute approximate surface area is 132 Å². The third kappa shape index (κ3) is 3.41. The predicted molar refractivity (Wildman–Crippen MR) is 79.8 cm³/mol. The van der Waals surface area contributed by atoms with Crippen LogP contribution >= 0.6 is 0 Å². The van der Waals surface area contributed by atoms with Crippen LogP contribution < -0.4 is 14.8 Å². The quantitative estimate of drug-likeness (QED) is 0.937. The fourth-order valence-electron chi connectivity index (χ4n) is 2.58. The molecule has 1 amide bonds. The number of halogens is 2. The molecule has 1 heterocycles. The van der Waals surface area contributed by atoms with E-state index in [-0.39, 0.29) is 17.4 Å². The SMILES string of the molecule is O=C(NC1CCOc2ccccc21)c1ccccc1OC(F)F. The van der Waals surface area contributed by atoms with Crippen molar-refractivity contribution in [1.82, 2.24) is 5.32 Å². The number of benzene rings is 2.